The van der Waals surface area contributed by atoms with Gasteiger partial charge in [0, 0.05) is 12.0 Å². The van der Waals surface area contributed by atoms with Gasteiger partial charge in [0.25, 0.3) is 0 Å². The zero-order chi connectivity index (χ0) is 13.4. The quantitative estimate of drug-likeness (QED) is 0.600. The van der Waals surface area contributed by atoms with Crippen molar-refractivity contribution >= 4 is 11.6 Å². The Bertz CT molecular complexity index is 428. The van der Waals surface area contributed by atoms with E-state index in [1.165, 1.54) is 0 Å². The van der Waals surface area contributed by atoms with Crippen molar-refractivity contribution in [3.63, 3.8) is 0 Å². The number of hydrazone groups is 1. The third-order valence-electron chi connectivity index (χ3n) is 2.62. The van der Waals surface area contributed by atoms with E-state index in [1.54, 1.807) is 18.2 Å². The number of phenolic OH excluding ortho intramolecular Hbond substituents is 1. The number of nitrogens with one attached hydrogen (secondary N) is 1. The van der Waals surface area contributed by atoms with E-state index in [-0.39, 0.29) is 11.7 Å². The van der Waals surface area contributed by atoms with Crippen molar-refractivity contribution in [3.8, 4) is 5.75 Å². The van der Waals surface area contributed by atoms with Gasteiger partial charge < -0.3 is 5.11 Å². The molecule has 0 aliphatic heterocycles. The van der Waals surface area contributed by atoms with Gasteiger partial charge in [-0.15, -0.1) is 0 Å². The molecule has 4 nitrogen and oxygen atoms in total. The summed E-state index contributed by atoms with van der Waals surface area (Å²) in [5, 5.41) is 13.8. The second kappa shape index (κ2) is 7.48. The van der Waals surface area contributed by atoms with E-state index in [2.05, 4.69) is 10.5 Å². The van der Waals surface area contributed by atoms with Gasteiger partial charge in [0.05, 0.1) is 5.71 Å². The van der Waals surface area contributed by atoms with Gasteiger partial charge in [0.2, 0.25) is 5.91 Å². The van der Waals surface area contributed by atoms with E-state index in [1.807, 2.05) is 19.9 Å². The lowest BCUT2D eigenvalue weighted by atomic mass is 10.1. The summed E-state index contributed by atoms with van der Waals surface area (Å²) in [5.41, 5.74) is 3.87. The number of amides is 1. The monoisotopic (exact) mass is 248 g/mol. The molecule has 0 atom stereocenters. The van der Waals surface area contributed by atoms with Gasteiger partial charge in [-0.05, 0) is 25.0 Å². The molecular weight excluding hydrogens is 228 g/mol. The molecule has 1 aromatic rings. The molecule has 0 aliphatic rings. The molecule has 1 aromatic carbocycles. The summed E-state index contributed by atoms with van der Waals surface area (Å²) in [4.78, 5) is 11.5. The summed E-state index contributed by atoms with van der Waals surface area (Å²) >= 11 is 0. The fourth-order valence-electron chi connectivity index (χ4n) is 1.57. The predicted molar refractivity (Wildman–Crippen MR) is 72.6 cm³/mol. The third kappa shape index (κ3) is 4.20. The van der Waals surface area contributed by atoms with Crippen LogP contribution in [-0.2, 0) is 4.79 Å². The Balaban J connectivity index is 2.72. The largest absolute Gasteiger partial charge is 0.507 e. The van der Waals surface area contributed by atoms with E-state index >= 15 is 0 Å². The van der Waals surface area contributed by atoms with E-state index in [0.29, 0.717) is 24.1 Å². The highest BCUT2D eigenvalue weighted by atomic mass is 16.3. The normalized spacial score (nSPS) is 11.3. The molecule has 1 rings (SSSR count). The molecule has 98 valence electrons. The van der Waals surface area contributed by atoms with Gasteiger partial charge in [-0.1, -0.05) is 32.4 Å². The first kappa shape index (κ1) is 14.2. The molecule has 18 heavy (non-hydrogen) atoms. The Hall–Kier alpha value is -1.84. The SMILES string of the molecule is CCCCC(=O)N/N=C(\CC)c1ccccc1O. The molecule has 0 radical (unpaired) electrons. The molecule has 0 unspecified atom stereocenters. The van der Waals surface area contributed by atoms with Crippen LogP contribution in [0.4, 0.5) is 0 Å². The van der Waals surface area contributed by atoms with Gasteiger partial charge in [0.15, 0.2) is 0 Å². The summed E-state index contributed by atoms with van der Waals surface area (Å²) in [7, 11) is 0. The minimum Gasteiger partial charge on any atom is -0.507 e. The molecule has 0 aliphatic carbocycles. The van der Waals surface area contributed by atoms with Crippen LogP contribution < -0.4 is 5.43 Å². The summed E-state index contributed by atoms with van der Waals surface area (Å²) in [6, 6.07) is 6.99. The Morgan fingerprint density at radius 1 is 1.33 bits per heavy atom. The number of benzene rings is 1. The van der Waals surface area contributed by atoms with Crippen molar-refractivity contribution in [2.75, 3.05) is 0 Å². The zero-order valence-electron chi connectivity index (χ0n) is 10.9. The predicted octanol–water partition coefficient (Wildman–Crippen LogP) is 2.81. The number of phenols is 1. The van der Waals surface area contributed by atoms with E-state index in [0.717, 1.165) is 12.8 Å². The molecule has 0 heterocycles. The molecule has 1 amide bonds. The maximum absolute atomic E-state index is 11.5. The van der Waals surface area contributed by atoms with Crippen molar-refractivity contribution in [3.05, 3.63) is 29.8 Å². The molecule has 0 aromatic heterocycles. The smallest absolute Gasteiger partial charge is 0.240 e. The number of para-hydroxylation sites is 1. The molecule has 0 saturated heterocycles. The fraction of sp³-hybridized carbons (Fsp3) is 0.429. The van der Waals surface area contributed by atoms with Crippen LogP contribution in [0.1, 0.15) is 45.1 Å². The Labute approximate surface area is 108 Å². The average molecular weight is 248 g/mol. The lowest BCUT2D eigenvalue weighted by molar-refractivity contribution is -0.121. The summed E-state index contributed by atoms with van der Waals surface area (Å²) in [5.74, 6) is 0.0964. The number of nitrogens with zero attached hydrogens (tertiary/aromatic N) is 1. The molecular formula is C14H20N2O2. The summed E-state index contributed by atoms with van der Waals surface area (Å²) in [6.45, 7) is 3.97. The first-order valence-electron chi connectivity index (χ1n) is 6.32. The van der Waals surface area contributed by atoms with Crippen molar-refractivity contribution < 1.29 is 9.90 Å². The van der Waals surface area contributed by atoms with Gasteiger partial charge in [-0.25, -0.2) is 5.43 Å². The van der Waals surface area contributed by atoms with Gasteiger partial charge in [-0.2, -0.15) is 5.10 Å². The summed E-state index contributed by atoms with van der Waals surface area (Å²) in [6.07, 6.45) is 2.97. The van der Waals surface area contributed by atoms with E-state index < -0.39 is 0 Å². The lowest BCUT2D eigenvalue weighted by Crippen LogP contribution is -2.19. The van der Waals surface area contributed by atoms with E-state index in [4.69, 9.17) is 0 Å². The molecule has 4 heteroatoms. The average Bonchev–Trinajstić information content (AvgIpc) is 2.39. The zero-order valence-corrected chi connectivity index (χ0v) is 10.9. The van der Waals surface area contributed by atoms with Crippen molar-refractivity contribution in [1.82, 2.24) is 5.43 Å². The van der Waals surface area contributed by atoms with Crippen LogP contribution in [0, 0.1) is 0 Å². The number of carbonyl (C=O) groups is 1. The third-order valence-corrected chi connectivity index (χ3v) is 2.62. The molecule has 0 fully saturated rings. The lowest BCUT2D eigenvalue weighted by Gasteiger charge is -2.06. The minimum atomic E-state index is -0.0850. The number of carbonyl (C=O) groups excluding carboxylic acids is 1. The number of unbranched alkanes of at least 4 members (excludes halogenated alkanes) is 1. The number of rotatable bonds is 6. The first-order chi connectivity index (χ1) is 8.69. The highest BCUT2D eigenvalue weighted by Crippen LogP contribution is 2.17. The van der Waals surface area contributed by atoms with E-state index in [9.17, 15) is 9.90 Å². The molecule has 0 saturated carbocycles. The highest BCUT2D eigenvalue weighted by Gasteiger charge is 2.07. The number of hydrogen-bond donors (Lipinski definition) is 2. The topological polar surface area (TPSA) is 61.7 Å². The Morgan fingerprint density at radius 2 is 2.06 bits per heavy atom. The van der Waals surface area contributed by atoms with Gasteiger partial charge in [-0.3, -0.25) is 4.79 Å². The first-order valence-corrected chi connectivity index (χ1v) is 6.32. The Kier molecular flexibility index (Phi) is 5.91. The van der Waals surface area contributed by atoms with Crippen LogP contribution in [0.15, 0.2) is 29.4 Å². The minimum absolute atomic E-state index is 0.0850. The standard InChI is InChI=1S/C14H20N2O2/c1-3-5-10-14(18)16-15-12(4-2)11-8-6-7-9-13(11)17/h6-9,17H,3-5,10H2,1-2H3,(H,16,18)/b15-12+. The van der Waals surface area contributed by atoms with Crippen LogP contribution in [0.25, 0.3) is 0 Å². The van der Waals surface area contributed by atoms with Crippen LogP contribution in [0.3, 0.4) is 0 Å². The maximum atomic E-state index is 11.5. The van der Waals surface area contributed by atoms with Crippen LogP contribution in [-0.4, -0.2) is 16.7 Å². The second-order valence-corrected chi connectivity index (χ2v) is 4.07. The van der Waals surface area contributed by atoms with Crippen molar-refractivity contribution in [1.29, 1.82) is 0 Å². The fourth-order valence-corrected chi connectivity index (χ4v) is 1.57. The summed E-state index contributed by atoms with van der Waals surface area (Å²) < 4.78 is 0. The second-order valence-electron chi connectivity index (χ2n) is 4.07. The highest BCUT2D eigenvalue weighted by molar-refractivity contribution is 6.03. The van der Waals surface area contributed by atoms with Crippen molar-refractivity contribution in [2.45, 2.75) is 39.5 Å². The van der Waals surface area contributed by atoms with Crippen LogP contribution in [0.2, 0.25) is 0 Å². The van der Waals surface area contributed by atoms with Crippen LogP contribution in [0.5, 0.6) is 5.75 Å². The van der Waals surface area contributed by atoms with Crippen LogP contribution >= 0.6 is 0 Å². The number of hydrogen-bond acceptors (Lipinski definition) is 3. The van der Waals surface area contributed by atoms with Gasteiger partial charge >= 0.3 is 0 Å². The molecule has 2 N–H and O–H groups in total. The van der Waals surface area contributed by atoms with Crippen molar-refractivity contribution in [2.24, 2.45) is 5.10 Å². The van der Waals surface area contributed by atoms with Gasteiger partial charge in [0.1, 0.15) is 5.75 Å². The number of aromatic hydroxyl groups is 1. The maximum Gasteiger partial charge on any atom is 0.240 e. The Morgan fingerprint density at radius 3 is 2.67 bits per heavy atom. The molecule has 0 bridgehead atoms. The molecule has 0 spiro atoms.